The van der Waals surface area contributed by atoms with E-state index in [1.807, 2.05) is 31.2 Å². The van der Waals surface area contributed by atoms with E-state index >= 15 is 0 Å². The zero-order chi connectivity index (χ0) is 27.9. The van der Waals surface area contributed by atoms with Gasteiger partial charge >= 0.3 is 0 Å². The molecule has 0 spiro atoms. The summed E-state index contributed by atoms with van der Waals surface area (Å²) in [5.74, 6) is -0.311. The van der Waals surface area contributed by atoms with E-state index in [9.17, 15) is 18.0 Å². The lowest BCUT2D eigenvalue weighted by Gasteiger charge is -2.32. The maximum absolute atomic E-state index is 13.9. The van der Waals surface area contributed by atoms with E-state index in [1.165, 1.54) is 44.4 Å². The van der Waals surface area contributed by atoms with Crippen LogP contribution in [0, 0.1) is 6.92 Å². The lowest BCUT2D eigenvalue weighted by Crippen LogP contribution is -2.50. The molecule has 3 aromatic rings. The van der Waals surface area contributed by atoms with Crippen molar-refractivity contribution < 1.29 is 27.5 Å². The maximum atomic E-state index is 13.9. The molecule has 9 nitrogen and oxygen atoms in total. The third-order valence-electron chi connectivity index (χ3n) is 6.11. The number of aryl methyl sites for hydroxylation is 1. The van der Waals surface area contributed by atoms with Crippen LogP contribution in [0.25, 0.3) is 0 Å². The molecular formula is C28H33N3O6S. The Balaban J connectivity index is 2.11. The van der Waals surface area contributed by atoms with Gasteiger partial charge in [0.1, 0.15) is 24.1 Å². The van der Waals surface area contributed by atoms with Crippen LogP contribution in [0.1, 0.15) is 18.1 Å². The highest BCUT2D eigenvalue weighted by atomic mass is 32.2. The van der Waals surface area contributed by atoms with Crippen molar-refractivity contribution in [3.05, 3.63) is 83.9 Å². The van der Waals surface area contributed by atoms with E-state index in [0.717, 1.165) is 15.4 Å². The molecule has 0 aliphatic rings. The molecule has 1 atom stereocenters. The highest BCUT2D eigenvalue weighted by molar-refractivity contribution is 7.92. The van der Waals surface area contributed by atoms with Crippen LogP contribution < -0.4 is 19.1 Å². The monoisotopic (exact) mass is 539 g/mol. The summed E-state index contributed by atoms with van der Waals surface area (Å²) in [6, 6.07) is 19.2. The summed E-state index contributed by atoms with van der Waals surface area (Å²) < 4.78 is 39.6. The van der Waals surface area contributed by atoms with Crippen LogP contribution in [0.4, 0.5) is 5.69 Å². The van der Waals surface area contributed by atoms with Crippen molar-refractivity contribution >= 4 is 27.5 Å². The van der Waals surface area contributed by atoms with Crippen LogP contribution in [0.15, 0.2) is 77.7 Å². The predicted octanol–water partition coefficient (Wildman–Crippen LogP) is 3.37. The molecule has 0 aromatic heterocycles. The number of carbonyl (C=O) groups is 2. The van der Waals surface area contributed by atoms with Crippen LogP contribution in [0.5, 0.6) is 11.5 Å². The Morgan fingerprint density at radius 3 is 2.26 bits per heavy atom. The molecule has 0 aliphatic carbocycles. The molecule has 0 unspecified atom stereocenters. The number of anilines is 1. The van der Waals surface area contributed by atoms with Gasteiger partial charge in [-0.25, -0.2) is 8.42 Å². The Hall–Kier alpha value is -4.05. The maximum Gasteiger partial charge on any atom is 0.264 e. The summed E-state index contributed by atoms with van der Waals surface area (Å²) >= 11 is 0. The molecule has 2 amide bonds. The molecule has 38 heavy (non-hydrogen) atoms. The fraction of sp³-hybridized carbons (Fsp3) is 0.286. The van der Waals surface area contributed by atoms with Crippen LogP contribution in [-0.2, 0) is 26.2 Å². The summed E-state index contributed by atoms with van der Waals surface area (Å²) in [5.41, 5.74) is 1.94. The average Bonchev–Trinajstić information content (AvgIpc) is 2.93. The number of likely N-dealkylation sites (N-methyl/N-ethyl adjacent to an activating group) is 1. The van der Waals surface area contributed by atoms with Gasteiger partial charge in [0.25, 0.3) is 10.0 Å². The van der Waals surface area contributed by atoms with E-state index in [4.69, 9.17) is 9.47 Å². The quantitative estimate of drug-likeness (QED) is 0.401. The number of rotatable bonds is 11. The van der Waals surface area contributed by atoms with Crippen molar-refractivity contribution in [1.82, 2.24) is 10.2 Å². The number of hydrogen-bond acceptors (Lipinski definition) is 6. The molecule has 202 valence electrons. The van der Waals surface area contributed by atoms with Gasteiger partial charge in [-0.3, -0.25) is 13.9 Å². The minimum Gasteiger partial charge on any atom is -0.497 e. The highest BCUT2D eigenvalue weighted by Gasteiger charge is 2.33. The Bertz CT molecular complexity index is 1380. The molecule has 0 aliphatic heterocycles. The SMILES string of the molecule is CNC(=O)[C@H](C)N(Cc1cccc(C)c1)C(=O)CN(c1cc(OC)ccc1OC)S(=O)(=O)c1ccccc1. The molecule has 0 heterocycles. The second-order valence-corrected chi connectivity index (χ2v) is 10.5. The third kappa shape index (κ3) is 6.44. The zero-order valence-corrected chi connectivity index (χ0v) is 23.0. The van der Waals surface area contributed by atoms with Gasteiger partial charge in [0.05, 0.1) is 24.8 Å². The van der Waals surface area contributed by atoms with E-state index in [-0.39, 0.29) is 28.8 Å². The van der Waals surface area contributed by atoms with Crippen molar-refractivity contribution in [2.45, 2.75) is 31.3 Å². The molecular weight excluding hydrogens is 506 g/mol. The lowest BCUT2D eigenvalue weighted by atomic mass is 10.1. The van der Waals surface area contributed by atoms with Crippen molar-refractivity contribution in [3.8, 4) is 11.5 Å². The number of sulfonamides is 1. The number of methoxy groups -OCH3 is 2. The number of ether oxygens (including phenoxy) is 2. The van der Waals surface area contributed by atoms with Gasteiger partial charge < -0.3 is 19.7 Å². The summed E-state index contributed by atoms with van der Waals surface area (Å²) in [6.45, 7) is 3.08. The van der Waals surface area contributed by atoms with Crippen molar-refractivity contribution in [2.75, 3.05) is 32.1 Å². The molecule has 0 radical (unpaired) electrons. The van der Waals surface area contributed by atoms with Crippen LogP contribution in [0.2, 0.25) is 0 Å². The largest absolute Gasteiger partial charge is 0.497 e. The van der Waals surface area contributed by atoms with Gasteiger partial charge in [0, 0.05) is 19.7 Å². The van der Waals surface area contributed by atoms with Crippen LogP contribution >= 0.6 is 0 Å². The first-order valence-electron chi connectivity index (χ1n) is 12.0. The number of nitrogens with zero attached hydrogens (tertiary/aromatic N) is 2. The van der Waals surface area contributed by atoms with E-state index < -0.39 is 28.5 Å². The summed E-state index contributed by atoms with van der Waals surface area (Å²) in [6.07, 6.45) is 0. The number of amides is 2. The Morgan fingerprint density at radius 1 is 0.947 bits per heavy atom. The van der Waals surface area contributed by atoms with Gasteiger partial charge in [-0.1, -0.05) is 48.0 Å². The van der Waals surface area contributed by atoms with Gasteiger partial charge in [-0.15, -0.1) is 0 Å². The molecule has 3 aromatic carbocycles. The molecule has 1 N–H and O–H groups in total. The first-order chi connectivity index (χ1) is 18.1. The van der Waals surface area contributed by atoms with Crippen molar-refractivity contribution in [3.63, 3.8) is 0 Å². The van der Waals surface area contributed by atoms with Gasteiger partial charge in [0.15, 0.2) is 0 Å². The minimum absolute atomic E-state index is 0.00209. The lowest BCUT2D eigenvalue weighted by molar-refractivity contribution is -0.139. The van der Waals surface area contributed by atoms with E-state index in [2.05, 4.69) is 5.32 Å². The normalized spacial score (nSPS) is 11.8. The van der Waals surface area contributed by atoms with Crippen LogP contribution in [-0.4, -0.2) is 59.0 Å². The predicted molar refractivity (Wildman–Crippen MR) is 146 cm³/mol. The second-order valence-electron chi connectivity index (χ2n) is 8.66. The molecule has 0 fully saturated rings. The second kappa shape index (κ2) is 12.5. The van der Waals surface area contributed by atoms with E-state index in [1.54, 1.807) is 37.3 Å². The minimum atomic E-state index is -4.22. The van der Waals surface area contributed by atoms with E-state index in [0.29, 0.717) is 5.75 Å². The van der Waals surface area contributed by atoms with Gasteiger partial charge in [-0.05, 0) is 43.7 Å². The fourth-order valence-electron chi connectivity index (χ4n) is 4.02. The summed E-state index contributed by atoms with van der Waals surface area (Å²) in [5, 5.41) is 2.57. The molecule has 0 saturated carbocycles. The Morgan fingerprint density at radius 2 is 1.66 bits per heavy atom. The Labute approximate surface area is 224 Å². The molecule has 0 bridgehead atoms. The summed E-state index contributed by atoms with van der Waals surface area (Å²) in [4.78, 5) is 27.8. The third-order valence-corrected chi connectivity index (χ3v) is 7.89. The highest BCUT2D eigenvalue weighted by Crippen LogP contribution is 2.36. The fourth-order valence-corrected chi connectivity index (χ4v) is 5.46. The number of nitrogens with one attached hydrogen (secondary N) is 1. The number of hydrogen-bond donors (Lipinski definition) is 1. The van der Waals surface area contributed by atoms with Crippen molar-refractivity contribution in [1.29, 1.82) is 0 Å². The first kappa shape index (κ1) is 28.5. The average molecular weight is 540 g/mol. The number of benzene rings is 3. The zero-order valence-electron chi connectivity index (χ0n) is 22.2. The first-order valence-corrected chi connectivity index (χ1v) is 13.4. The molecule has 10 heteroatoms. The standard InChI is InChI=1S/C28H33N3O6S/c1-20-10-9-11-22(16-20)18-30(21(2)28(33)29-3)27(32)19-31(38(34,35)24-12-7-6-8-13-24)25-17-23(36-4)14-15-26(25)37-5/h6-17,21H,18-19H2,1-5H3,(H,29,33)/t21-/m0/s1. The number of carbonyl (C=O) groups excluding carboxylic acids is 2. The summed E-state index contributed by atoms with van der Waals surface area (Å²) in [7, 11) is 0.140. The van der Waals surface area contributed by atoms with Crippen LogP contribution in [0.3, 0.4) is 0 Å². The molecule has 3 rings (SSSR count). The van der Waals surface area contributed by atoms with Gasteiger partial charge in [0.2, 0.25) is 11.8 Å². The topological polar surface area (TPSA) is 105 Å². The molecule has 0 saturated heterocycles. The van der Waals surface area contributed by atoms with Crippen molar-refractivity contribution in [2.24, 2.45) is 0 Å². The Kier molecular flexibility index (Phi) is 9.35. The smallest absolute Gasteiger partial charge is 0.264 e. The van der Waals surface area contributed by atoms with Gasteiger partial charge in [-0.2, -0.15) is 0 Å².